The fourth-order valence-electron chi connectivity index (χ4n) is 1.99. The SMILES string of the molecule is Cc1ccc2cc(C(Cl)C(=O)NC(C)(C)C)ccc2n1. The molecule has 1 atom stereocenters. The second-order valence-corrected chi connectivity index (χ2v) is 6.44. The van der Waals surface area contributed by atoms with Gasteiger partial charge >= 0.3 is 0 Å². The van der Waals surface area contributed by atoms with Gasteiger partial charge in [-0.25, -0.2) is 0 Å². The Hall–Kier alpha value is -1.61. The molecule has 2 rings (SSSR count). The first kappa shape index (κ1) is 14.8. The summed E-state index contributed by atoms with van der Waals surface area (Å²) in [7, 11) is 0. The van der Waals surface area contributed by atoms with Crippen molar-refractivity contribution in [3.8, 4) is 0 Å². The molecule has 0 aliphatic heterocycles. The number of alkyl halides is 1. The van der Waals surface area contributed by atoms with Crippen LogP contribution in [0, 0.1) is 6.92 Å². The second kappa shape index (κ2) is 5.41. The topological polar surface area (TPSA) is 42.0 Å². The van der Waals surface area contributed by atoms with Gasteiger partial charge in [0.1, 0.15) is 5.38 Å². The lowest BCUT2D eigenvalue weighted by Crippen LogP contribution is -2.42. The maximum Gasteiger partial charge on any atom is 0.243 e. The van der Waals surface area contributed by atoms with Gasteiger partial charge in [-0.15, -0.1) is 11.6 Å². The first-order valence-electron chi connectivity index (χ1n) is 6.60. The van der Waals surface area contributed by atoms with Gasteiger partial charge in [-0.2, -0.15) is 0 Å². The molecule has 1 heterocycles. The van der Waals surface area contributed by atoms with Crippen LogP contribution in [0.1, 0.15) is 37.4 Å². The monoisotopic (exact) mass is 290 g/mol. The van der Waals surface area contributed by atoms with E-state index in [9.17, 15) is 4.79 Å². The van der Waals surface area contributed by atoms with Crippen LogP contribution in [0.15, 0.2) is 30.3 Å². The second-order valence-electron chi connectivity index (χ2n) is 6.01. The summed E-state index contributed by atoms with van der Waals surface area (Å²) in [5, 5.41) is 3.18. The Bertz CT molecular complexity index is 646. The van der Waals surface area contributed by atoms with Gasteiger partial charge in [0.15, 0.2) is 0 Å². The molecule has 0 saturated heterocycles. The Morgan fingerprint density at radius 3 is 2.60 bits per heavy atom. The maximum atomic E-state index is 12.1. The van der Waals surface area contributed by atoms with Crippen LogP contribution in [0.3, 0.4) is 0 Å². The molecule has 106 valence electrons. The summed E-state index contributed by atoms with van der Waals surface area (Å²) < 4.78 is 0. The van der Waals surface area contributed by atoms with Gasteiger partial charge in [0.05, 0.1) is 5.52 Å². The van der Waals surface area contributed by atoms with Gasteiger partial charge in [-0.05, 0) is 51.5 Å². The summed E-state index contributed by atoms with van der Waals surface area (Å²) >= 11 is 6.26. The predicted molar refractivity (Wildman–Crippen MR) is 83.0 cm³/mol. The molecule has 4 heteroatoms. The largest absolute Gasteiger partial charge is 0.350 e. The quantitative estimate of drug-likeness (QED) is 0.856. The highest BCUT2D eigenvalue weighted by Crippen LogP contribution is 2.25. The van der Waals surface area contributed by atoms with Crippen molar-refractivity contribution in [2.75, 3.05) is 0 Å². The predicted octanol–water partition coefficient (Wildman–Crippen LogP) is 3.74. The molecule has 3 nitrogen and oxygen atoms in total. The van der Waals surface area contributed by atoms with Crippen molar-refractivity contribution in [3.63, 3.8) is 0 Å². The first-order valence-corrected chi connectivity index (χ1v) is 7.03. The number of hydrogen-bond donors (Lipinski definition) is 1. The fraction of sp³-hybridized carbons (Fsp3) is 0.375. The molecular weight excluding hydrogens is 272 g/mol. The van der Waals surface area contributed by atoms with Crippen molar-refractivity contribution >= 4 is 28.4 Å². The van der Waals surface area contributed by atoms with E-state index in [1.165, 1.54) is 0 Å². The molecule has 0 aliphatic rings. The molecule has 0 aliphatic carbocycles. The molecule has 2 aromatic rings. The summed E-state index contributed by atoms with van der Waals surface area (Å²) in [5.74, 6) is -0.182. The highest BCUT2D eigenvalue weighted by molar-refractivity contribution is 6.31. The van der Waals surface area contributed by atoms with E-state index < -0.39 is 5.38 Å². The number of aromatic nitrogens is 1. The van der Waals surface area contributed by atoms with E-state index in [0.717, 1.165) is 22.2 Å². The van der Waals surface area contributed by atoms with Gasteiger partial charge < -0.3 is 5.32 Å². The summed E-state index contributed by atoms with van der Waals surface area (Å²) in [5.41, 5.74) is 2.37. The molecule has 20 heavy (non-hydrogen) atoms. The average Bonchev–Trinajstić information content (AvgIpc) is 2.35. The van der Waals surface area contributed by atoms with Crippen LogP contribution in [-0.4, -0.2) is 16.4 Å². The standard InChI is InChI=1S/C16H19ClN2O/c1-10-5-6-11-9-12(7-8-13(11)18-10)14(17)15(20)19-16(2,3)4/h5-9,14H,1-4H3,(H,19,20). The Kier molecular flexibility index (Phi) is 4.00. The number of benzene rings is 1. The Labute approximate surface area is 124 Å². The highest BCUT2D eigenvalue weighted by atomic mass is 35.5. The van der Waals surface area contributed by atoms with Crippen molar-refractivity contribution in [1.29, 1.82) is 0 Å². The number of fused-ring (bicyclic) bond motifs is 1. The van der Waals surface area contributed by atoms with E-state index in [1.807, 2.05) is 58.0 Å². The molecule has 1 N–H and O–H groups in total. The Morgan fingerprint density at radius 2 is 1.95 bits per heavy atom. The third kappa shape index (κ3) is 3.48. The number of aryl methyl sites for hydroxylation is 1. The number of rotatable bonds is 2. The zero-order valence-corrected chi connectivity index (χ0v) is 13.0. The van der Waals surface area contributed by atoms with Crippen LogP contribution >= 0.6 is 11.6 Å². The highest BCUT2D eigenvalue weighted by Gasteiger charge is 2.22. The molecule has 0 spiro atoms. The van der Waals surface area contributed by atoms with Crippen LogP contribution in [0.5, 0.6) is 0 Å². The van der Waals surface area contributed by atoms with Gasteiger partial charge in [0, 0.05) is 16.6 Å². The molecule has 1 aromatic carbocycles. The number of carbonyl (C=O) groups is 1. The van der Waals surface area contributed by atoms with Gasteiger partial charge in [0.25, 0.3) is 0 Å². The van der Waals surface area contributed by atoms with Crippen molar-refractivity contribution < 1.29 is 4.79 Å². The fourth-order valence-corrected chi connectivity index (χ4v) is 2.18. The molecule has 1 aromatic heterocycles. The van der Waals surface area contributed by atoms with Crippen LogP contribution in [0.4, 0.5) is 0 Å². The van der Waals surface area contributed by atoms with Gasteiger partial charge in [-0.1, -0.05) is 12.1 Å². The lowest BCUT2D eigenvalue weighted by atomic mass is 10.1. The van der Waals surface area contributed by atoms with Crippen molar-refractivity contribution in [2.45, 2.75) is 38.6 Å². The molecular formula is C16H19ClN2O. The number of hydrogen-bond acceptors (Lipinski definition) is 2. The molecule has 1 amide bonds. The third-order valence-electron chi connectivity index (χ3n) is 2.87. The van der Waals surface area contributed by atoms with Crippen molar-refractivity contribution in [3.05, 3.63) is 41.6 Å². The average molecular weight is 291 g/mol. The van der Waals surface area contributed by atoms with E-state index in [0.29, 0.717) is 0 Å². The van der Waals surface area contributed by atoms with E-state index in [-0.39, 0.29) is 11.4 Å². The van der Waals surface area contributed by atoms with Gasteiger partial charge in [-0.3, -0.25) is 9.78 Å². The van der Waals surface area contributed by atoms with E-state index in [1.54, 1.807) is 0 Å². The summed E-state index contributed by atoms with van der Waals surface area (Å²) in [6.45, 7) is 7.75. The number of pyridine rings is 1. The van der Waals surface area contributed by atoms with E-state index >= 15 is 0 Å². The molecule has 1 unspecified atom stereocenters. The normalized spacial score (nSPS) is 13.2. The number of halogens is 1. The number of amides is 1. The van der Waals surface area contributed by atoms with Crippen LogP contribution in [-0.2, 0) is 4.79 Å². The van der Waals surface area contributed by atoms with Crippen LogP contribution < -0.4 is 5.32 Å². The third-order valence-corrected chi connectivity index (χ3v) is 3.32. The van der Waals surface area contributed by atoms with Crippen LogP contribution in [0.25, 0.3) is 10.9 Å². The zero-order chi connectivity index (χ0) is 14.9. The van der Waals surface area contributed by atoms with Crippen LogP contribution in [0.2, 0.25) is 0 Å². The van der Waals surface area contributed by atoms with Crippen molar-refractivity contribution in [1.82, 2.24) is 10.3 Å². The van der Waals surface area contributed by atoms with Gasteiger partial charge in [0.2, 0.25) is 5.91 Å². The smallest absolute Gasteiger partial charge is 0.243 e. The minimum Gasteiger partial charge on any atom is -0.350 e. The lowest BCUT2D eigenvalue weighted by Gasteiger charge is -2.22. The minimum absolute atomic E-state index is 0.182. The number of nitrogens with zero attached hydrogens (tertiary/aromatic N) is 1. The van der Waals surface area contributed by atoms with Crippen molar-refractivity contribution in [2.24, 2.45) is 0 Å². The number of nitrogens with one attached hydrogen (secondary N) is 1. The first-order chi connectivity index (χ1) is 9.26. The van der Waals surface area contributed by atoms with E-state index in [4.69, 9.17) is 11.6 Å². The molecule has 0 fully saturated rings. The minimum atomic E-state index is -0.695. The molecule has 0 bridgehead atoms. The summed E-state index contributed by atoms with van der Waals surface area (Å²) in [6, 6.07) is 9.62. The Balaban J connectivity index is 2.28. The zero-order valence-electron chi connectivity index (χ0n) is 12.2. The lowest BCUT2D eigenvalue weighted by molar-refractivity contribution is -0.122. The summed E-state index contributed by atoms with van der Waals surface area (Å²) in [4.78, 5) is 16.5. The Morgan fingerprint density at radius 1 is 1.25 bits per heavy atom. The maximum absolute atomic E-state index is 12.1. The number of carbonyl (C=O) groups excluding carboxylic acids is 1. The molecule has 0 radical (unpaired) electrons. The summed E-state index contributed by atoms with van der Waals surface area (Å²) in [6.07, 6.45) is 0. The molecule has 0 saturated carbocycles. The van der Waals surface area contributed by atoms with E-state index in [2.05, 4.69) is 10.3 Å².